The molecule has 3 rings (SSSR count). The highest BCUT2D eigenvalue weighted by molar-refractivity contribution is 6.31. The van der Waals surface area contributed by atoms with Gasteiger partial charge in [0.05, 0.1) is 29.6 Å². The van der Waals surface area contributed by atoms with Gasteiger partial charge in [0.2, 0.25) is 5.91 Å². The van der Waals surface area contributed by atoms with Crippen LogP contribution in [0.1, 0.15) is 5.56 Å². The van der Waals surface area contributed by atoms with Gasteiger partial charge in [-0.05, 0) is 42.5 Å². The predicted molar refractivity (Wildman–Crippen MR) is 94.6 cm³/mol. The number of carbonyl (C=O) groups excluding carboxylic acids is 1. The minimum absolute atomic E-state index is 0.0647. The summed E-state index contributed by atoms with van der Waals surface area (Å²) in [6.45, 7) is 0.0647. The second-order valence-electron chi connectivity index (χ2n) is 5.09. The molecule has 25 heavy (non-hydrogen) atoms. The van der Waals surface area contributed by atoms with Gasteiger partial charge in [0.1, 0.15) is 12.7 Å². The van der Waals surface area contributed by atoms with Crippen LogP contribution in [0.2, 0.25) is 5.02 Å². The largest absolute Gasteiger partial charge is 0.376 e. The van der Waals surface area contributed by atoms with Gasteiger partial charge in [-0.25, -0.2) is 9.67 Å². The fourth-order valence-electron chi connectivity index (χ4n) is 2.18. The van der Waals surface area contributed by atoms with Gasteiger partial charge in [0.15, 0.2) is 0 Å². The summed E-state index contributed by atoms with van der Waals surface area (Å²) in [5.74, 6) is -0.243. The molecule has 8 heteroatoms. The standard InChI is InChI=1S/C17H13ClN6O/c18-13-3-6-16(24-11-20-10-22-24)15(7-13)23-17(25)9-21-14-4-1-12(8-19)2-5-14/h1-7,10-11,21H,9H2,(H,23,25). The van der Waals surface area contributed by atoms with E-state index in [9.17, 15) is 4.79 Å². The summed E-state index contributed by atoms with van der Waals surface area (Å²) >= 11 is 6.02. The molecule has 2 aromatic carbocycles. The Morgan fingerprint density at radius 2 is 2.04 bits per heavy atom. The van der Waals surface area contributed by atoms with Crippen LogP contribution in [0.3, 0.4) is 0 Å². The Morgan fingerprint density at radius 1 is 1.24 bits per heavy atom. The molecule has 0 atom stereocenters. The number of amides is 1. The summed E-state index contributed by atoms with van der Waals surface area (Å²) < 4.78 is 1.54. The molecule has 124 valence electrons. The molecule has 0 aliphatic heterocycles. The molecule has 7 nitrogen and oxygen atoms in total. The monoisotopic (exact) mass is 352 g/mol. The van der Waals surface area contributed by atoms with Crippen LogP contribution < -0.4 is 10.6 Å². The van der Waals surface area contributed by atoms with Crippen LogP contribution in [0.4, 0.5) is 11.4 Å². The number of nitriles is 1. The van der Waals surface area contributed by atoms with Gasteiger partial charge >= 0.3 is 0 Å². The van der Waals surface area contributed by atoms with Crippen LogP contribution in [0, 0.1) is 11.3 Å². The third-order valence-corrected chi connectivity index (χ3v) is 3.60. The summed E-state index contributed by atoms with van der Waals surface area (Å²) in [7, 11) is 0. The van der Waals surface area contributed by atoms with Crippen molar-refractivity contribution in [1.29, 1.82) is 5.26 Å². The zero-order chi connectivity index (χ0) is 17.6. The molecule has 0 radical (unpaired) electrons. The maximum Gasteiger partial charge on any atom is 0.243 e. The highest BCUT2D eigenvalue weighted by atomic mass is 35.5. The lowest BCUT2D eigenvalue weighted by molar-refractivity contribution is -0.114. The van der Waals surface area contributed by atoms with Crippen LogP contribution in [0.5, 0.6) is 0 Å². The van der Waals surface area contributed by atoms with Gasteiger partial charge in [-0.1, -0.05) is 11.6 Å². The Bertz CT molecular complexity index is 915. The minimum atomic E-state index is -0.243. The highest BCUT2D eigenvalue weighted by Crippen LogP contribution is 2.23. The molecule has 3 aromatic rings. The number of benzene rings is 2. The van der Waals surface area contributed by atoms with E-state index in [2.05, 4.69) is 20.7 Å². The van der Waals surface area contributed by atoms with Crippen LogP contribution >= 0.6 is 11.6 Å². The van der Waals surface area contributed by atoms with E-state index >= 15 is 0 Å². The molecule has 0 fully saturated rings. The molecule has 0 saturated carbocycles. The van der Waals surface area contributed by atoms with E-state index in [1.54, 1.807) is 47.1 Å². The average molecular weight is 353 g/mol. The van der Waals surface area contributed by atoms with Crippen LogP contribution in [-0.4, -0.2) is 27.2 Å². The first-order valence-corrected chi connectivity index (χ1v) is 7.72. The van der Waals surface area contributed by atoms with E-state index in [0.717, 1.165) is 5.69 Å². The molecule has 1 aromatic heterocycles. The molecular formula is C17H13ClN6O. The van der Waals surface area contributed by atoms with Crippen molar-refractivity contribution in [2.45, 2.75) is 0 Å². The number of rotatable bonds is 5. The quantitative estimate of drug-likeness (QED) is 0.736. The molecule has 2 N–H and O–H groups in total. The lowest BCUT2D eigenvalue weighted by Crippen LogP contribution is -2.22. The lowest BCUT2D eigenvalue weighted by Gasteiger charge is -2.12. The van der Waals surface area contributed by atoms with E-state index in [1.165, 1.54) is 12.7 Å². The number of hydrogen-bond acceptors (Lipinski definition) is 5. The van der Waals surface area contributed by atoms with Gasteiger partial charge < -0.3 is 10.6 Å². The third kappa shape index (κ3) is 4.13. The number of halogens is 1. The molecule has 0 spiro atoms. The Labute approximate surface area is 148 Å². The van der Waals surface area contributed by atoms with E-state index in [4.69, 9.17) is 16.9 Å². The molecule has 1 amide bonds. The van der Waals surface area contributed by atoms with Crippen molar-refractivity contribution >= 4 is 28.9 Å². The maximum atomic E-state index is 12.2. The molecule has 0 saturated heterocycles. The Hall–Kier alpha value is -3.37. The smallest absolute Gasteiger partial charge is 0.243 e. The fraction of sp³-hybridized carbons (Fsp3) is 0.0588. The van der Waals surface area contributed by atoms with Crippen molar-refractivity contribution in [1.82, 2.24) is 14.8 Å². The van der Waals surface area contributed by atoms with Crippen molar-refractivity contribution in [3.63, 3.8) is 0 Å². The third-order valence-electron chi connectivity index (χ3n) is 3.37. The molecule has 0 aliphatic rings. The van der Waals surface area contributed by atoms with Crippen LogP contribution in [-0.2, 0) is 4.79 Å². The minimum Gasteiger partial charge on any atom is -0.376 e. The predicted octanol–water partition coefficient (Wildman–Crippen LogP) is 2.84. The summed E-state index contributed by atoms with van der Waals surface area (Å²) in [6.07, 6.45) is 2.94. The van der Waals surface area contributed by atoms with E-state index in [-0.39, 0.29) is 12.5 Å². The van der Waals surface area contributed by atoms with Gasteiger partial charge in [0.25, 0.3) is 0 Å². The number of hydrogen-bond donors (Lipinski definition) is 2. The van der Waals surface area contributed by atoms with Gasteiger partial charge in [-0.3, -0.25) is 4.79 Å². The summed E-state index contributed by atoms with van der Waals surface area (Å²) in [5, 5.41) is 19.1. The number of carbonyl (C=O) groups is 1. The van der Waals surface area contributed by atoms with E-state index in [0.29, 0.717) is 22.0 Å². The SMILES string of the molecule is N#Cc1ccc(NCC(=O)Nc2cc(Cl)ccc2-n2cncn2)cc1. The zero-order valence-electron chi connectivity index (χ0n) is 13.0. The van der Waals surface area contributed by atoms with Crippen molar-refractivity contribution in [2.24, 2.45) is 0 Å². The Balaban J connectivity index is 1.68. The van der Waals surface area contributed by atoms with Crippen LogP contribution in [0.25, 0.3) is 5.69 Å². The van der Waals surface area contributed by atoms with E-state index in [1.807, 2.05) is 6.07 Å². The molecule has 0 bridgehead atoms. The first-order valence-electron chi connectivity index (χ1n) is 7.34. The van der Waals surface area contributed by atoms with Crippen molar-refractivity contribution < 1.29 is 4.79 Å². The number of anilines is 2. The van der Waals surface area contributed by atoms with Gasteiger partial charge in [-0.2, -0.15) is 10.4 Å². The Kier molecular flexibility index (Phi) is 4.92. The van der Waals surface area contributed by atoms with Crippen molar-refractivity contribution in [3.8, 4) is 11.8 Å². The van der Waals surface area contributed by atoms with E-state index < -0.39 is 0 Å². The van der Waals surface area contributed by atoms with Gasteiger partial charge in [0, 0.05) is 10.7 Å². The summed E-state index contributed by atoms with van der Waals surface area (Å²) in [6, 6.07) is 14.0. The maximum absolute atomic E-state index is 12.2. The summed E-state index contributed by atoms with van der Waals surface area (Å²) in [5.41, 5.74) is 2.50. The van der Waals surface area contributed by atoms with Crippen LogP contribution in [0.15, 0.2) is 55.1 Å². The normalized spacial score (nSPS) is 10.1. The first kappa shape index (κ1) is 16.5. The lowest BCUT2D eigenvalue weighted by atomic mass is 10.2. The van der Waals surface area contributed by atoms with Crippen molar-refractivity contribution in [2.75, 3.05) is 17.2 Å². The summed E-state index contributed by atoms with van der Waals surface area (Å²) in [4.78, 5) is 16.1. The molecular weight excluding hydrogens is 340 g/mol. The number of nitrogens with one attached hydrogen (secondary N) is 2. The number of aromatic nitrogens is 3. The first-order chi connectivity index (χ1) is 12.2. The van der Waals surface area contributed by atoms with Gasteiger partial charge in [-0.15, -0.1) is 0 Å². The second-order valence-corrected chi connectivity index (χ2v) is 5.53. The molecule has 0 aliphatic carbocycles. The fourth-order valence-corrected chi connectivity index (χ4v) is 2.35. The zero-order valence-corrected chi connectivity index (χ0v) is 13.7. The van der Waals surface area contributed by atoms with Crippen molar-refractivity contribution in [3.05, 3.63) is 65.7 Å². The highest BCUT2D eigenvalue weighted by Gasteiger charge is 2.10. The molecule has 0 unspecified atom stereocenters. The Morgan fingerprint density at radius 3 is 2.72 bits per heavy atom. The topological polar surface area (TPSA) is 95.6 Å². The number of nitrogens with zero attached hydrogens (tertiary/aromatic N) is 4. The second kappa shape index (κ2) is 7.47. The average Bonchev–Trinajstić information content (AvgIpc) is 3.15. The molecule has 1 heterocycles.